The van der Waals surface area contributed by atoms with Crippen molar-refractivity contribution in [1.29, 1.82) is 0 Å². The van der Waals surface area contributed by atoms with E-state index in [1.54, 1.807) is 12.1 Å². The van der Waals surface area contributed by atoms with E-state index in [4.69, 9.17) is 0 Å². The van der Waals surface area contributed by atoms with E-state index in [0.717, 1.165) is 36.9 Å². The van der Waals surface area contributed by atoms with Crippen molar-refractivity contribution in [1.82, 2.24) is 4.98 Å². The first-order valence-electron chi connectivity index (χ1n) is 9.46. The minimum atomic E-state index is -0.480. The van der Waals surface area contributed by atoms with E-state index in [0.29, 0.717) is 17.4 Å². The van der Waals surface area contributed by atoms with Gasteiger partial charge in [0.25, 0.3) is 11.6 Å². The maximum atomic E-state index is 12.6. The normalized spacial score (nSPS) is 12.8. The maximum absolute atomic E-state index is 12.6. The summed E-state index contributed by atoms with van der Waals surface area (Å²) in [7, 11) is 0. The molecule has 0 saturated carbocycles. The summed E-state index contributed by atoms with van der Waals surface area (Å²) >= 11 is 1.49. The van der Waals surface area contributed by atoms with Crippen molar-refractivity contribution < 1.29 is 9.72 Å². The molecule has 1 aromatic heterocycles. The Morgan fingerprint density at radius 1 is 1.14 bits per heavy atom. The molecule has 1 aliphatic rings. The minimum Gasteiger partial charge on any atom is -0.375 e. The molecule has 7 nitrogen and oxygen atoms in total. The van der Waals surface area contributed by atoms with Crippen LogP contribution in [-0.2, 0) is 19.4 Å². The molecule has 0 saturated heterocycles. The van der Waals surface area contributed by atoms with Gasteiger partial charge >= 0.3 is 0 Å². The number of benzene rings is 2. The molecule has 0 aliphatic heterocycles. The van der Waals surface area contributed by atoms with Gasteiger partial charge in [0.05, 0.1) is 10.6 Å². The monoisotopic (exact) mass is 408 g/mol. The number of anilines is 2. The number of hydrogen-bond donors (Lipinski definition) is 2. The maximum Gasteiger partial charge on any atom is 0.293 e. The van der Waals surface area contributed by atoms with E-state index in [1.165, 1.54) is 22.3 Å². The molecular weight excluding hydrogens is 388 g/mol. The Morgan fingerprint density at radius 2 is 1.93 bits per heavy atom. The lowest BCUT2D eigenvalue weighted by atomic mass is 10.0. The summed E-state index contributed by atoms with van der Waals surface area (Å²) in [6.45, 7) is 0.456. The van der Waals surface area contributed by atoms with Gasteiger partial charge in [-0.15, -0.1) is 11.3 Å². The number of hydrogen-bond acceptors (Lipinski definition) is 6. The molecule has 0 bridgehead atoms. The molecule has 8 heteroatoms. The number of carbonyl (C=O) groups is 1. The van der Waals surface area contributed by atoms with Crippen molar-refractivity contribution in [3.63, 3.8) is 0 Å². The Bertz CT molecular complexity index is 1030. The number of thiazole rings is 1. The number of nitro groups is 1. The van der Waals surface area contributed by atoms with Crippen molar-refractivity contribution >= 4 is 33.8 Å². The van der Waals surface area contributed by atoms with E-state index in [9.17, 15) is 14.9 Å². The number of nitrogens with one attached hydrogen (secondary N) is 2. The van der Waals surface area contributed by atoms with Crippen LogP contribution in [0.1, 0.15) is 39.3 Å². The van der Waals surface area contributed by atoms with Crippen LogP contribution in [0.5, 0.6) is 0 Å². The van der Waals surface area contributed by atoms with Crippen LogP contribution in [0.2, 0.25) is 0 Å². The first-order valence-corrected chi connectivity index (χ1v) is 10.3. The van der Waals surface area contributed by atoms with Gasteiger partial charge in [0, 0.05) is 23.1 Å². The zero-order valence-corrected chi connectivity index (χ0v) is 16.5. The number of aromatic nitrogens is 1. The zero-order chi connectivity index (χ0) is 20.2. The second-order valence-corrected chi connectivity index (χ2v) is 7.96. The van der Waals surface area contributed by atoms with Crippen molar-refractivity contribution in [2.75, 3.05) is 10.6 Å². The third kappa shape index (κ3) is 4.43. The Morgan fingerprint density at radius 3 is 2.69 bits per heavy atom. The summed E-state index contributed by atoms with van der Waals surface area (Å²) in [5.74, 6) is -0.395. The van der Waals surface area contributed by atoms with Crippen LogP contribution in [0.3, 0.4) is 0 Å². The quantitative estimate of drug-likeness (QED) is 0.451. The Hall–Kier alpha value is -3.26. The van der Waals surface area contributed by atoms with E-state index in [1.807, 2.05) is 30.3 Å². The van der Waals surface area contributed by atoms with Crippen molar-refractivity contribution in [3.05, 3.63) is 80.3 Å². The van der Waals surface area contributed by atoms with Gasteiger partial charge in [-0.25, -0.2) is 4.98 Å². The molecule has 0 radical (unpaired) electrons. The molecule has 29 heavy (non-hydrogen) atoms. The fraction of sp³-hybridized carbons (Fsp3) is 0.238. The number of aryl methyl sites for hydroxylation is 2. The second-order valence-electron chi connectivity index (χ2n) is 6.88. The van der Waals surface area contributed by atoms with E-state index < -0.39 is 10.8 Å². The van der Waals surface area contributed by atoms with Crippen LogP contribution in [0, 0.1) is 10.1 Å². The van der Waals surface area contributed by atoms with Gasteiger partial charge in [0.2, 0.25) is 0 Å². The Balaban J connectivity index is 1.50. The van der Waals surface area contributed by atoms with E-state index in [2.05, 4.69) is 15.6 Å². The SMILES string of the molecule is O=C(Nc1nc2c(s1)CCCC2)c1ccc(NCc2ccccc2)c([N+](=O)[O-])c1. The second kappa shape index (κ2) is 8.40. The molecule has 1 amide bonds. The van der Waals surface area contributed by atoms with Crippen LogP contribution in [0.4, 0.5) is 16.5 Å². The largest absolute Gasteiger partial charge is 0.375 e. The van der Waals surface area contributed by atoms with Gasteiger partial charge in [-0.3, -0.25) is 20.2 Å². The third-order valence-electron chi connectivity index (χ3n) is 4.85. The highest BCUT2D eigenvalue weighted by atomic mass is 32.1. The van der Waals surface area contributed by atoms with Crippen LogP contribution in [0.15, 0.2) is 48.5 Å². The molecule has 1 aliphatic carbocycles. The lowest BCUT2D eigenvalue weighted by molar-refractivity contribution is -0.384. The van der Waals surface area contributed by atoms with Crippen LogP contribution in [0.25, 0.3) is 0 Å². The fourth-order valence-electron chi connectivity index (χ4n) is 3.34. The average molecular weight is 408 g/mol. The first kappa shape index (κ1) is 19.1. The van der Waals surface area contributed by atoms with Crippen molar-refractivity contribution in [3.8, 4) is 0 Å². The number of nitro benzene ring substituents is 1. The molecule has 0 fully saturated rings. The molecule has 2 N–H and O–H groups in total. The number of amides is 1. The summed E-state index contributed by atoms with van der Waals surface area (Å²) in [5, 5.41) is 17.9. The number of fused-ring (bicyclic) bond motifs is 1. The lowest BCUT2D eigenvalue weighted by Gasteiger charge is -2.09. The molecule has 148 valence electrons. The minimum absolute atomic E-state index is 0.132. The molecule has 2 aromatic carbocycles. The number of carbonyl (C=O) groups excluding carboxylic acids is 1. The standard InChI is InChI=1S/C21H20N4O3S/c26-20(24-21-23-17-8-4-5-9-19(17)29-21)15-10-11-16(18(12-15)25(27)28)22-13-14-6-2-1-3-7-14/h1-3,6-7,10-12,22H,4-5,8-9,13H2,(H,23,24,26). The number of rotatable bonds is 6. The lowest BCUT2D eigenvalue weighted by Crippen LogP contribution is -2.13. The summed E-state index contributed by atoms with van der Waals surface area (Å²) < 4.78 is 0. The highest BCUT2D eigenvalue weighted by molar-refractivity contribution is 7.15. The number of nitrogens with zero attached hydrogens (tertiary/aromatic N) is 2. The molecule has 0 unspecified atom stereocenters. The topological polar surface area (TPSA) is 97.2 Å². The van der Waals surface area contributed by atoms with Crippen molar-refractivity contribution in [2.24, 2.45) is 0 Å². The van der Waals surface area contributed by atoms with Gasteiger partial charge in [-0.05, 0) is 43.4 Å². The summed E-state index contributed by atoms with van der Waals surface area (Å²) in [5.41, 5.74) is 2.54. The smallest absolute Gasteiger partial charge is 0.293 e. The molecule has 1 heterocycles. The third-order valence-corrected chi connectivity index (χ3v) is 5.92. The van der Waals surface area contributed by atoms with Crippen LogP contribution >= 0.6 is 11.3 Å². The Labute approximate surface area is 172 Å². The highest BCUT2D eigenvalue weighted by Crippen LogP contribution is 2.31. The van der Waals surface area contributed by atoms with Gasteiger partial charge in [-0.1, -0.05) is 30.3 Å². The summed E-state index contributed by atoms with van der Waals surface area (Å²) in [4.78, 5) is 29.4. The van der Waals surface area contributed by atoms with Gasteiger partial charge < -0.3 is 5.32 Å². The van der Waals surface area contributed by atoms with E-state index >= 15 is 0 Å². The average Bonchev–Trinajstić information content (AvgIpc) is 3.15. The predicted molar refractivity (Wildman–Crippen MR) is 114 cm³/mol. The molecule has 0 spiro atoms. The highest BCUT2D eigenvalue weighted by Gasteiger charge is 2.20. The molecule has 3 aromatic rings. The fourth-order valence-corrected chi connectivity index (χ4v) is 4.39. The summed E-state index contributed by atoms with van der Waals surface area (Å²) in [6.07, 6.45) is 4.20. The van der Waals surface area contributed by atoms with Crippen molar-refractivity contribution in [2.45, 2.75) is 32.2 Å². The molecule has 4 rings (SSSR count). The molecular formula is C21H20N4O3S. The van der Waals surface area contributed by atoms with Gasteiger partial charge in [0.15, 0.2) is 5.13 Å². The Kier molecular flexibility index (Phi) is 5.53. The van der Waals surface area contributed by atoms with Gasteiger partial charge in [0.1, 0.15) is 5.69 Å². The van der Waals surface area contributed by atoms with Crippen LogP contribution in [-0.4, -0.2) is 15.8 Å². The van der Waals surface area contributed by atoms with Gasteiger partial charge in [-0.2, -0.15) is 0 Å². The summed E-state index contributed by atoms with van der Waals surface area (Å²) in [6, 6.07) is 14.1. The van der Waals surface area contributed by atoms with E-state index in [-0.39, 0.29) is 11.3 Å². The molecule has 0 atom stereocenters. The predicted octanol–water partition coefficient (Wildman–Crippen LogP) is 4.79. The zero-order valence-electron chi connectivity index (χ0n) is 15.7. The van der Waals surface area contributed by atoms with Crippen LogP contribution < -0.4 is 10.6 Å². The first-order chi connectivity index (χ1) is 14.1.